The van der Waals surface area contributed by atoms with Crippen LogP contribution in [0, 0.1) is 6.92 Å². The molecule has 1 aromatic heterocycles. The molecular formula is C22H24N2O7S. The summed E-state index contributed by atoms with van der Waals surface area (Å²) >= 11 is 0. The highest BCUT2D eigenvalue weighted by molar-refractivity contribution is 7.90. The molecule has 2 atom stereocenters. The van der Waals surface area contributed by atoms with Gasteiger partial charge in [-0.1, -0.05) is 29.8 Å². The standard InChI is InChI=1S/C20H22N2O3S.C2H2O4/c1-13-7-9-15(10-8-13)26(24,25)22-12-14-11-18(21(2)3)20(23)16-5-4-6-17(22)19(14)16;3-1(4)2(5)6/h4-10,12,18,20,23H,11H2,1-3H3;(H,3,4)(H,5,6)/t18-,20-;/m0./s1. The van der Waals surface area contributed by atoms with Crippen LogP contribution in [0.1, 0.15) is 22.8 Å². The molecule has 0 unspecified atom stereocenters. The molecule has 0 fully saturated rings. The van der Waals surface area contributed by atoms with Crippen molar-refractivity contribution in [2.24, 2.45) is 0 Å². The van der Waals surface area contributed by atoms with E-state index in [2.05, 4.69) is 0 Å². The van der Waals surface area contributed by atoms with Crippen LogP contribution in [-0.4, -0.2) is 64.7 Å². The molecule has 3 N–H and O–H groups in total. The maximum atomic E-state index is 13.2. The van der Waals surface area contributed by atoms with E-state index in [9.17, 15) is 13.5 Å². The lowest BCUT2D eigenvalue weighted by molar-refractivity contribution is -0.159. The maximum Gasteiger partial charge on any atom is 0.414 e. The van der Waals surface area contributed by atoms with Crippen molar-refractivity contribution in [3.05, 3.63) is 65.4 Å². The molecule has 0 amide bonds. The fourth-order valence-electron chi connectivity index (χ4n) is 3.80. The van der Waals surface area contributed by atoms with Crippen LogP contribution >= 0.6 is 0 Å². The Labute approximate surface area is 185 Å². The molecule has 9 nitrogen and oxygen atoms in total. The van der Waals surface area contributed by atoms with Gasteiger partial charge in [-0.25, -0.2) is 22.0 Å². The number of carboxylic acid groups (broad SMARTS) is 2. The van der Waals surface area contributed by atoms with Gasteiger partial charge < -0.3 is 20.2 Å². The number of hydrogen-bond donors (Lipinski definition) is 3. The smallest absolute Gasteiger partial charge is 0.414 e. The molecule has 0 saturated heterocycles. The summed E-state index contributed by atoms with van der Waals surface area (Å²) in [6, 6.07) is 12.3. The fraction of sp³-hybridized carbons (Fsp3) is 0.273. The second-order valence-electron chi connectivity index (χ2n) is 7.80. The largest absolute Gasteiger partial charge is 0.473 e. The van der Waals surface area contributed by atoms with Gasteiger partial charge in [-0.15, -0.1) is 0 Å². The lowest BCUT2D eigenvalue weighted by Gasteiger charge is -2.33. The van der Waals surface area contributed by atoms with Crippen LogP contribution in [-0.2, 0) is 26.0 Å². The Kier molecular flexibility index (Phi) is 6.40. The van der Waals surface area contributed by atoms with Crippen LogP contribution < -0.4 is 0 Å². The van der Waals surface area contributed by atoms with Gasteiger partial charge in [-0.2, -0.15) is 0 Å². The van der Waals surface area contributed by atoms with E-state index in [-0.39, 0.29) is 10.9 Å². The summed E-state index contributed by atoms with van der Waals surface area (Å²) in [5.74, 6) is -3.65. The monoisotopic (exact) mass is 460 g/mol. The summed E-state index contributed by atoms with van der Waals surface area (Å²) in [6.45, 7) is 1.93. The van der Waals surface area contributed by atoms with E-state index in [0.717, 1.165) is 22.1 Å². The molecule has 32 heavy (non-hydrogen) atoms. The summed E-state index contributed by atoms with van der Waals surface area (Å²) in [5.41, 5.74) is 3.38. The zero-order chi connectivity index (χ0) is 23.8. The van der Waals surface area contributed by atoms with Gasteiger partial charge in [0.2, 0.25) is 0 Å². The predicted molar refractivity (Wildman–Crippen MR) is 117 cm³/mol. The summed E-state index contributed by atoms with van der Waals surface area (Å²) in [6.07, 6.45) is 1.68. The molecule has 10 heteroatoms. The number of carbonyl (C=O) groups is 2. The quantitative estimate of drug-likeness (QED) is 0.504. The molecule has 1 heterocycles. The van der Waals surface area contributed by atoms with Crippen molar-refractivity contribution in [3.8, 4) is 0 Å². The number of nitrogens with zero attached hydrogens (tertiary/aromatic N) is 2. The fourth-order valence-corrected chi connectivity index (χ4v) is 5.18. The Hall–Kier alpha value is -3.21. The normalized spacial score (nSPS) is 17.7. The lowest BCUT2D eigenvalue weighted by atomic mass is 9.86. The number of aryl methyl sites for hydroxylation is 1. The van der Waals surface area contributed by atoms with Gasteiger partial charge in [0.05, 0.1) is 16.5 Å². The number of benzene rings is 2. The molecule has 2 aromatic carbocycles. The zero-order valence-electron chi connectivity index (χ0n) is 17.8. The molecule has 3 aromatic rings. The molecule has 1 aliphatic rings. The average molecular weight is 461 g/mol. The topological polar surface area (TPSA) is 137 Å². The minimum atomic E-state index is -3.69. The minimum Gasteiger partial charge on any atom is -0.473 e. The summed E-state index contributed by atoms with van der Waals surface area (Å²) in [4.78, 5) is 20.4. The van der Waals surface area contributed by atoms with E-state index < -0.39 is 28.1 Å². The number of likely N-dealkylation sites (N-methyl/N-ethyl adjacent to an activating group) is 1. The van der Waals surface area contributed by atoms with Crippen molar-refractivity contribution in [2.45, 2.75) is 30.4 Å². The first-order valence-corrected chi connectivity index (χ1v) is 11.1. The molecular weight excluding hydrogens is 436 g/mol. The zero-order valence-corrected chi connectivity index (χ0v) is 18.6. The molecule has 0 radical (unpaired) electrons. The molecule has 0 spiro atoms. The van der Waals surface area contributed by atoms with Crippen molar-refractivity contribution in [3.63, 3.8) is 0 Å². The van der Waals surface area contributed by atoms with Crippen LogP contribution in [0.25, 0.3) is 10.9 Å². The first-order valence-electron chi connectivity index (χ1n) is 9.71. The lowest BCUT2D eigenvalue weighted by Crippen LogP contribution is -2.37. The summed E-state index contributed by atoms with van der Waals surface area (Å²) in [5, 5.41) is 26.4. The predicted octanol–water partition coefficient (Wildman–Crippen LogP) is 1.86. The maximum absolute atomic E-state index is 13.2. The van der Waals surface area contributed by atoms with Crippen molar-refractivity contribution >= 4 is 32.9 Å². The summed E-state index contributed by atoms with van der Waals surface area (Å²) in [7, 11) is 0.165. The number of aromatic nitrogens is 1. The molecule has 0 aliphatic heterocycles. The van der Waals surface area contributed by atoms with E-state index in [1.165, 1.54) is 3.97 Å². The second-order valence-corrected chi connectivity index (χ2v) is 9.61. The van der Waals surface area contributed by atoms with Crippen molar-refractivity contribution in [2.75, 3.05) is 14.1 Å². The number of aliphatic carboxylic acids is 2. The number of aliphatic hydroxyl groups excluding tert-OH is 1. The van der Waals surface area contributed by atoms with E-state index in [0.29, 0.717) is 11.9 Å². The number of carboxylic acids is 2. The van der Waals surface area contributed by atoms with Crippen molar-refractivity contribution in [1.82, 2.24) is 8.87 Å². The van der Waals surface area contributed by atoms with Crippen molar-refractivity contribution in [1.29, 1.82) is 0 Å². The van der Waals surface area contributed by atoms with Gasteiger partial charge in [0.25, 0.3) is 10.0 Å². The van der Waals surface area contributed by atoms with Gasteiger partial charge in [-0.3, -0.25) is 0 Å². The minimum absolute atomic E-state index is 0.0778. The van der Waals surface area contributed by atoms with Gasteiger partial charge in [0.1, 0.15) is 0 Å². The van der Waals surface area contributed by atoms with Crippen LogP contribution in [0.3, 0.4) is 0 Å². The van der Waals surface area contributed by atoms with Crippen LogP contribution in [0.5, 0.6) is 0 Å². The first-order chi connectivity index (χ1) is 14.9. The molecule has 0 bridgehead atoms. The third-order valence-corrected chi connectivity index (χ3v) is 7.13. The first kappa shape index (κ1) is 23.5. The van der Waals surface area contributed by atoms with Crippen molar-refractivity contribution < 1.29 is 33.3 Å². The van der Waals surface area contributed by atoms with Crippen LogP contribution in [0.4, 0.5) is 0 Å². The SMILES string of the molecule is Cc1ccc(S(=O)(=O)n2cc3c4c(cccc42)[C@H](O)[C@@H](N(C)C)C3)cc1.O=C(O)C(=O)O. The van der Waals surface area contributed by atoms with E-state index in [1.807, 2.05) is 38.1 Å². The molecule has 4 rings (SSSR count). The molecule has 1 aliphatic carbocycles. The van der Waals surface area contributed by atoms with Crippen LogP contribution in [0.15, 0.2) is 53.6 Å². The Morgan fingerprint density at radius 3 is 2.16 bits per heavy atom. The Morgan fingerprint density at radius 2 is 1.62 bits per heavy atom. The second kappa shape index (κ2) is 8.73. The number of aliphatic hydroxyl groups is 1. The van der Waals surface area contributed by atoms with Gasteiger partial charge in [0, 0.05) is 17.6 Å². The van der Waals surface area contributed by atoms with E-state index in [1.54, 1.807) is 36.5 Å². The van der Waals surface area contributed by atoms with E-state index in [4.69, 9.17) is 19.8 Å². The Morgan fingerprint density at radius 1 is 1.03 bits per heavy atom. The Balaban J connectivity index is 0.000000427. The van der Waals surface area contributed by atoms with Crippen LogP contribution in [0.2, 0.25) is 0 Å². The molecule has 0 saturated carbocycles. The van der Waals surface area contributed by atoms with E-state index >= 15 is 0 Å². The Bertz CT molecular complexity index is 1270. The summed E-state index contributed by atoms with van der Waals surface area (Å²) < 4.78 is 27.8. The molecule has 170 valence electrons. The number of rotatable bonds is 3. The van der Waals surface area contributed by atoms with Gasteiger partial charge in [0.15, 0.2) is 0 Å². The number of hydrogen-bond acceptors (Lipinski definition) is 6. The third kappa shape index (κ3) is 4.24. The highest BCUT2D eigenvalue weighted by atomic mass is 32.2. The highest BCUT2D eigenvalue weighted by Gasteiger charge is 2.33. The van der Waals surface area contributed by atoms with Gasteiger partial charge >= 0.3 is 11.9 Å². The highest BCUT2D eigenvalue weighted by Crippen LogP contribution is 2.39. The third-order valence-electron chi connectivity index (χ3n) is 5.44. The van der Waals surface area contributed by atoms with Gasteiger partial charge in [-0.05, 0) is 56.8 Å². The average Bonchev–Trinajstić information content (AvgIpc) is 3.11.